The van der Waals surface area contributed by atoms with Gasteiger partial charge in [-0.1, -0.05) is 53.7 Å². The van der Waals surface area contributed by atoms with Crippen molar-refractivity contribution in [3.63, 3.8) is 0 Å². The fourth-order valence-corrected chi connectivity index (χ4v) is 4.93. The molecule has 1 aliphatic heterocycles. The van der Waals surface area contributed by atoms with Gasteiger partial charge in [0.2, 0.25) is 5.91 Å². The molecule has 0 N–H and O–H groups in total. The maximum atomic E-state index is 13.3. The van der Waals surface area contributed by atoms with Crippen LogP contribution in [0.5, 0.6) is 0 Å². The number of para-hydroxylation sites is 1. The molecule has 1 aliphatic rings. The summed E-state index contributed by atoms with van der Waals surface area (Å²) in [6.45, 7) is 8.98. The number of nitrogens with zero attached hydrogens (tertiary/aromatic N) is 4. The molecule has 1 aromatic heterocycles. The minimum atomic E-state index is -0.247. The van der Waals surface area contributed by atoms with Crippen LogP contribution < -0.4 is 4.90 Å². The summed E-state index contributed by atoms with van der Waals surface area (Å²) in [6, 6.07) is 16.6. The largest absolute Gasteiger partial charge is 0.308 e. The molecule has 0 saturated heterocycles. The van der Waals surface area contributed by atoms with Crippen LogP contribution in [0.2, 0.25) is 0 Å². The molecular weight excluding hydrogens is 380 g/mol. The lowest BCUT2D eigenvalue weighted by Gasteiger charge is -2.25. The Hall–Kier alpha value is -2.60. The Kier molecular flexibility index (Phi) is 5.46. The summed E-state index contributed by atoms with van der Waals surface area (Å²) in [5, 5.41) is 9.37. The minimum absolute atomic E-state index is 0.121. The van der Waals surface area contributed by atoms with Crippen molar-refractivity contribution in [3.05, 3.63) is 59.7 Å². The van der Waals surface area contributed by atoms with Crippen LogP contribution in [0.4, 0.5) is 5.69 Å². The van der Waals surface area contributed by atoms with Crippen LogP contribution >= 0.6 is 11.8 Å². The van der Waals surface area contributed by atoms with Gasteiger partial charge in [-0.05, 0) is 51.8 Å². The second-order valence-electron chi connectivity index (χ2n) is 7.57. The first-order valence-electron chi connectivity index (χ1n) is 10.1. The number of thioether (sulfide) groups is 1. The first kappa shape index (κ1) is 19.7. The van der Waals surface area contributed by atoms with Gasteiger partial charge in [0.05, 0.1) is 5.25 Å². The van der Waals surface area contributed by atoms with Crippen molar-refractivity contribution < 1.29 is 4.79 Å². The van der Waals surface area contributed by atoms with Gasteiger partial charge in [-0.25, -0.2) is 0 Å². The number of aromatic nitrogens is 3. The van der Waals surface area contributed by atoms with Crippen LogP contribution in [0.15, 0.2) is 53.7 Å². The molecule has 0 bridgehead atoms. The van der Waals surface area contributed by atoms with Crippen LogP contribution in [0, 0.1) is 6.92 Å². The molecule has 4 rings (SSSR count). The number of rotatable bonds is 5. The second kappa shape index (κ2) is 8.03. The molecule has 5 nitrogen and oxygen atoms in total. The quantitative estimate of drug-likeness (QED) is 0.575. The average Bonchev–Trinajstić information content (AvgIpc) is 3.26. The van der Waals surface area contributed by atoms with Crippen molar-refractivity contribution in [1.82, 2.24) is 14.8 Å². The van der Waals surface area contributed by atoms with Crippen molar-refractivity contribution in [2.24, 2.45) is 0 Å². The van der Waals surface area contributed by atoms with E-state index in [1.807, 2.05) is 36.1 Å². The molecule has 0 fully saturated rings. The number of amides is 1. The molecule has 0 saturated carbocycles. The molecule has 29 heavy (non-hydrogen) atoms. The molecule has 3 aromatic rings. The number of fused-ring (bicyclic) bond motifs is 1. The van der Waals surface area contributed by atoms with Gasteiger partial charge in [-0.15, -0.1) is 10.2 Å². The van der Waals surface area contributed by atoms with E-state index < -0.39 is 0 Å². The van der Waals surface area contributed by atoms with E-state index >= 15 is 0 Å². The maximum Gasteiger partial charge on any atom is 0.240 e. The number of aryl methyl sites for hydroxylation is 1. The minimum Gasteiger partial charge on any atom is -0.308 e. The van der Waals surface area contributed by atoms with Gasteiger partial charge in [0.1, 0.15) is 0 Å². The number of hydrogen-bond donors (Lipinski definition) is 0. The molecule has 1 amide bonds. The lowest BCUT2D eigenvalue weighted by atomic mass is 10.1. The molecule has 2 unspecified atom stereocenters. The molecular formula is C23H26N4OS. The third kappa shape index (κ3) is 3.69. The van der Waals surface area contributed by atoms with Crippen LogP contribution in [0.1, 0.15) is 31.9 Å². The zero-order valence-electron chi connectivity index (χ0n) is 17.3. The van der Waals surface area contributed by atoms with E-state index in [-0.39, 0.29) is 17.2 Å². The van der Waals surface area contributed by atoms with E-state index in [2.05, 4.69) is 59.8 Å². The van der Waals surface area contributed by atoms with E-state index in [1.165, 1.54) is 22.9 Å². The van der Waals surface area contributed by atoms with E-state index in [0.29, 0.717) is 0 Å². The summed E-state index contributed by atoms with van der Waals surface area (Å²) >= 11 is 1.48. The van der Waals surface area contributed by atoms with E-state index in [9.17, 15) is 4.79 Å². The van der Waals surface area contributed by atoms with Gasteiger partial charge in [0.15, 0.2) is 11.0 Å². The van der Waals surface area contributed by atoms with Gasteiger partial charge in [0, 0.05) is 23.8 Å². The van der Waals surface area contributed by atoms with Crippen LogP contribution in [-0.2, 0) is 17.8 Å². The summed E-state index contributed by atoms with van der Waals surface area (Å²) in [4.78, 5) is 15.2. The van der Waals surface area contributed by atoms with Gasteiger partial charge >= 0.3 is 0 Å². The normalized spacial score (nSPS) is 16.7. The Balaban J connectivity index is 1.57. The standard InChI is InChI=1S/C23H26N4OS/c1-5-26-21(19-11-8-9-15(2)13-19)24-25-23(26)29-17(4)22(28)27-16(3)14-18-10-6-7-12-20(18)27/h6-13,16-17H,5,14H2,1-4H3. The third-order valence-electron chi connectivity index (χ3n) is 5.38. The molecule has 0 aliphatic carbocycles. The molecule has 0 spiro atoms. The Morgan fingerprint density at radius 3 is 2.76 bits per heavy atom. The highest BCUT2D eigenvalue weighted by atomic mass is 32.2. The number of benzene rings is 2. The van der Waals surface area contributed by atoms with E-state index in [1.54, 1.807) is 0 Å². The number of carbonyl (C=O) groups excluding carboxylic acids is 1. The predicted molar refractivity (Wildman–Crippen MR) is 118 cm³/mol. The molecule has 2 atom stereocenters. The zero-order valence-corrected chi connectivity index (χ0v) is 18.1. The van der Waals surface area contributed by atoms with Crippen molar-refractivity contribution in [1.29, 1.82) is 0 Å². The zero-order chi connectivity index (χ0) is 20.5. The molecule has 2 heterocycles. The van der Waals surface area contributed by atoms with Gasteiger partial charge in [-0.2, -0.15) is 0 Å². The summed E-state index contributed by atoms with van der Waals surface area (Å²) < 4.78 is 2.09. The molecule has 6 heteroatoms. The van der Waals surface area contributed by atoms with Gasteiger partial charge < -0.3 is 9.47 Å². The molecule has 150 valence electrons. The average molecular weight is 407 g/mol. The SMILES string of the molecule is CCn1c(SC(C)C(=O)N2c3ccccc3CC2C)nnc1-c1cccc(C)c1. The lowest BCUT2D eigenvalue weighted by Crippen LogP contribution is -2.40. The van der Waals surface area contributed by atoms with E-state index in [4.69, 9.17) is 0 Å². The number of carbonyl (C=O) groups is 1. The van der Waals surface area contributed by atoms with Crippen LogP contribution in [0.25, 0.3) is 11.4 Å². The first-order chi connectivity index (χ1) is 14.0. The van der Waals surface area contributed by atoms with E-state index in [0.717, 1.165) is 35.2 Å². The second-order valence-corrected chi connectivity index (χ2v) is 8.88. The molecule has 0 radical (unpaired) electrons. The number of anilines is 1. The van der Waals surface area contributed by atoms with Crippen molar-refractivity contribution in [2.75, 3.05) is 4.90 Å². The Morgan fingerprint density at radius 1 is 1.21 bits per heavy atom. The highest BCUT2D eigenvalue weighted by molar-refractivity contribution is 8.00. The van der Waals surface area contributed by atoms with Crippen molar-refractivity contribution >= 4 is 23.4 Å². The Bertz CT molecular complexity index is 1040. The lowest BCUT2D eigenvalue weighted by molar-refractivity contribution is -0.118. The smallest absolute Gasteiger partial charge is 0.240 e. The maximum absolute atomic E-state index is 13.3. The summed E-state index contributed by atoms with van der Waals surface area (Å²) in [6.07, 6.45) is 0.905. The highest BCUT2D eigenvalue weighted by Gasteiger charge is 2.34. The van der Waals surface area contributed by atoms with Gasteiger partial charge in [0.25, 0.3) is 0 Å². The topological polar surface area (TPSA) is 51.0 Å². The third-order valence-corrected chi connectivity index (χ3v) is 6.45. The monoisotopic (exact) mass is 406 g/mol. The Labute approximate surface area is 176 Å². The summed E-state index contributed by atoms with van der Waals surface area (Å²) in [5.41, 5.74) is 4.51. The first-order valence-corrected chi connectivity index (χ1v) is 11.0. The number of hydrogen-bond acceptors (Lipinski definition) is 4. The molecule has 2 aromatic carbocycles. The predicted octanol–water partition coefficient (Wildman–Crippen LogP) is 4.73. The van der Waals surface area contributed by atoms with Gasteiger partial charge in [-0.3, -0.25) is 4.79 Å². The fraction of sp³-hybridized carbons (Fsp3) is 0.348. The van der Waals surface area contributed by atoms with Crippen molar-refractivity contribution in [3.8, 4) is 11.4 Å². The summed E-state index contributed by atoms with van der Waals surface area (Å²) in [7, 11) is 0. The summed E-state index contributed by atoms with van der Waals surface area (Å²) in [5.74, 6) is 0.966. The highest BCUT2D eigenvalue weighted by Crippen LogP contribution is 2.35. The Morgan fingerprint density at radius 2 is 2.00 bits per heavy atom. The van der Waals surface area contributed by atoms with Crippen LogP contribution in [-0.4, -0.2) is 32.0 Å². The fourth-order valence-electron chi connectivity index (χ4n) is 3.96. The van der Waals surface area contributed by atoms with Crippen molar-refractivity contribution in [2.45, 2.75) is 57.1 Å². The van der Waals surface area contributed by atoms with Crippen LogP contribution in [0.3, 0.4) is 0 Å².